The lowest BCUT2D eigenvalue weighted by atomic mass is 9.93. The van der Waals surface area contributed by atoms with Crippen LogP contribution in [0.25, 0.3) is 11.2 Å². The molecule has 0 atom stereocenters. The van der Waals surface area contributed by atoms with E-state index in [1.807, 2.05) is 12.1 Å². The summed E-state index contributed by atoms with van der Waals surface area (Å²) < 4.78 is 0. The van der Waals surface area contributed by atoms with E-state index in [1.165, 1.54) is 0 Å². The van der Waals surface area contributed by atoms with Gasteiger partial charge < -0.3 is 10.6 Å². The van der Waals surface area contributed by atoms with Crippen molar-refractivity contribution in [2.24, 2.45) is 11.1 Å². The van der Waals surface area contributed by atoms with E-state index in [9.17, 15) is 0 Å². The number of hydrogen-bond acceptors (Lipinski definition) is 5. The van der Waals surface area contributed by atoms with Gasteiger partial charge in [0.2, 0.25) is 0 Å². The summed E-state index contributed by atoms with van der Waals surface area (Å²) in [4.78, 5) is 15.4. The fraction of sp³-hybridized carbons (Fsp3) is 0.533. The Morgan fingerprint density at radius 3 is 2.65 bits per heavy atom. The Labute approximate surface area is 120 Å². The number of aromatic nitrogens is 3. The van der Waals surface area contributed by atoms with Crippen molar-refractivity contribution in [3.63, 3.8) is 0 Å². The standard InChI is InChI=1S/C15H23N5/c1-4-9-20(11-15(2,3)10-16)13-6-5-12-14(19-13)18-8-7-17-12/h5-8H,4,9-11,16H2,1-3H3. The lowest BCUT2D eigenvalue weighted by Crippen LogP contribution is -2.39. The van der Waals surface area contributed by atoms with Crippen LogP contribution in [-0.4, -0.2) is 34.6 Å². The van der Waals surface area contributed by atoms with Gasteiger partial charge in [-0.25, -0.2) is 9.97 Å². The molecule has 2 N–H and O–H groups in total. The van der Waals surface area contributed by atoms with Gasteiger partial charge in [0.1, 0.15) is 11.3 Å². The van der Waals surface area contributed by atoms with Crippen LogP contribution in [0.3, 0.4) is 0 Å². The third-order valence-corrected chi connectivity index (χ3v) is 3.31. The van der Waals surface area contributed by atoms with Crippen molar-refractivity contribution in [2.75, 3.05) is 24.5 Å². The highest BCUT2D eigenvalue weighted by Crippen LogP contribution is 2.21. The average Bonchev–Trinajstić information content (AvgIpc) is 2.46. The molecule has 2 heterocycles. The molecule has 5 heteroatoms. The maximum atomic E-state index is 5.85. The summed E-state index contributed by atoms with van der Waals surface area (Å²) in [6.07, 6.45) is 4.43. The molecule has 0 aliphatic rings. The van der Waals surface area contributed by atoms with Crippen LogP contribution in [0.4, 0.5) is 5.82 Å². The molecule has 0 fully saturated rings. The van der Waals surface area contributed by atoms with Crippen LogP contribution in [0.15, 0.2) is 24.5 Å². The molecule has 0 saturated heterocycles. The Morgan fingerprint density at radius 1 is 1.20 bits per heavy atom. The number of nitrogens with zero attached hydrogens (tertiary/aromatic N) is 4. The van der Waals surface area contributed by atoms with Crippen molar-refractivity contribution in [1.29, 1.82) is 0 Å². The van der Waals surface area contributed by atoms with Crippen LogP contribution >= 0.6 is 0 Å². The first kappa shape index (κ1) is 14.7. The van der Waals surface area contributed by atoms with E-state index in [0.29, 0.717) is 12.2 Å². The van der Waals surface area contributed by atoms with E-state index in [1.54, 1.807) is 12.4 Å². The van der Waals surface area contributed by atoms with E-state index in [4.69, 9.17) is 5.73 Å². The van der Waals surface area contributed by atoms with E-state index in [0.717, 1.165) is 30.8 Å². The van der Waals surface area contributed by atoms with Gasteiger partial charge in [0.25, 0.3) is 0 Å². The van der Waals surface area contributed by atoms with Crippen LogP contribution in [-0.2, 0) is 0 Å². The van der Waals surface area contributed by atoms with E-state index >= 15 is 0 Å². The van der Waals surface area contributed by atoms with Gasteiger partial charge in [0.15, 0.2) is 5.65 Å². The smallest absolute Gasteiger partial charge is 0.180 e. The third kappa shape index (κ3) is 3.42. The van der Waals surface area contributed by atoms with Gasteiger partial charge in [0, 0.05) is 25.5 Å². The second-order valence-corrected chi connectivity index (χ2v) is 5.86. The summed E-state index contributed by atoms with van der Waals surface area (Å²) in [5, 5.41) is 0. The van der Waals surface area contributed by atoms with Crippen LogP contribution in [0, 0.1) is 5.41 Å². The van der Waals surface area contributed by atoms with Crippen molar-refractivity contribution < 1.29 is 0 Å². The minimum Gasteiger partial charge on any atom is -0.356 e. The molecule has 0 bridgehead atoms. The highest BCUT2D eigenvalue weighted by Gasteiger charge is 2.21. The monoisotopic (exact) mass is 273 g/mol. The molecule has 2 aromatic heterocycles. The van der Waals surface area contributed by atoms with Gasteiger partial charge in [-0.2, -0.15) is 0 Å². The fourth-order valence-electron chi connectivity index (χ4n) is 2.15. The molecule has 20 heavy (non-hydrogen) atoms. The quantitative estimate of drug-likeness (QED) is 0.874. The maximum Gasteiger partial charge on any atom is 0.180 e. The number of fused-ring (bicyclic) bond motifs is 1. The molecule has 0 aliphatic heterocycles. The predicted octanol–water partition coefficient (Wildman–Crippen LogP) is 2.23. The maximum absolute atomic E-state index is 5.85. The first-order valence-electron chi connectivity index (χ1n) is 7.08. The molecule has 0 aromatic carbocycles. The minimum atomic E-state index is 0.0637. The van der Waals surface area contributed by atoms with Gasteiger partial charge in [-0.3, -0.25) is 4.98 Å². The summed E-state index contributed by atoms with van der Waals surface area (Å²) in [5.74, 6) is 0.946. The number of pyridine rings is 1. The third-order valence-electron chi connectivity index (χ3n) is 3.31. The Hall–Kier alpha value is -1.75. The van der Waals surface area contributed by atoms with E-state index < -0.39 is 0 Å². The molecule has 0 amide bonds. The summed E-state index contributed by atoms with van der Waals surface area (Å²) in [5.41, 5.74) is 7.43. The van der Waals surface area contributed by atoms with Gasteiger partial charge >= 0.3 is 0 Å². The molecule has 2 rings (SSSR count). The van der Waals surface area contributed by atoms with Gasteiger partial charge in [-0.1, -0.05) is 20.8 Å². The number of anilines is 1. The van der Waals surface area contributed by atoms with Gasteiger partial charge in [-0.05, 0) is 30.5 Å². The zero-order valence-corrected chi connectivity index (χ0v) is 12.5. The Morgan fingerprint density at radius 2 is 1.95 bits per heavy atom. The first-order chi connectivity index (χ1) is 9.55. The number of rotatable bonds is 6. The second kappa shape index (κ2) is 6.13. The Bertz CT molecular complexity index is 567. The molecule has 0 radical (unpaired) electrons. The van der Waals surface area contributed by atoms with Crippen molar-refractivity contribution in [3.8, 4) is 0 Å². The van der Waals surface area contributed by atoms with Crippen molar-refractivity contribution in [2.45, 2.75) is 27.2 Å². The van der Waals surface area contributed by atoms with Crippen LogP contribution in [0.2, 0.25) is 0 Å². The van der Waals surface area contributed by atoms with Crippen molar-refractivity contribution in [1.82, 2.24) is 15.0 Å². The number of nitrogens with two attached hydrogens (primary N) is 1. The Kier molecular flexibility index (Phi) is 4.49. The van der Waals surface area contributed by atoms with E-state index in [2.05, 4.69) is 40.6 Å². The summed E-state index contributed by atoms with van der Waals surface area (Å²) in [6, 6.07) is 3.99. The molecular weight excluding hydrogens is 250 g/mol. The highest BCUT2D eigenvalue weighted by atomic mass is 15.2. The summed E-state index contributed by atoms with van der Waals surface area (Å²) in [6.45, 7) is 9.02. The van der Waals surface area contributed by atoms with Crippen LogP contribution in [0.1, 0.15) is 27.2 Å². The fourth-order valence-corrected chi connectivity index (χ4v) is 2.15. The molecule has 5 nitrogen and oxygen atoms in total. The van der Waals surface area contributed by atoms with Crippen molar-refractivity contribution in [3.05, 3.63) is 24.5 Å². The largest absolute Gasteiger partial charge is 0.356 e. The topological polar surface area (TPSA) is 67.9 Å². The van der Waals surface area contributed by atoms with E-state index in [-0.39, 0.29) is 5.41 Å². The highest BCUT2D eigenvalue weighted by molar-refractivity contribution is 5.71. The molecule has 0 aliphatic carbocycles. The van der Waals surface area contributed by atoms with Gasteiger partial charge in [0.05, 0.1) is 0 Å². The molecule has 2 aromatic rings. The predicted molar refractivity (Wildman–Crippen MR) is 82.7 cm³/mol. The van der Waals surface area contributed by atoms with Crippen LogP contribution < -0.4 is 10.6 Å². The molecule has 0 spiro atoms. The normalized spacial score (nSPS) is 11.8. The van der Waals surface area contributed by atoms with Crippen LogP contribution in [0.5, 0.6) is 0 Å². The summed E-state index contributed by atoms with van der Waals surface area (Å²) >= 11 is 0. The lowest BCUT2D eigenvalue weighted by molar-refractivity contribution is 0.376. The molecular formula is C15H23N5. The molecule has 0 unspecified atom stereocenters. The number of hydrogen-bond donors (Lipinski definition) is 1. The van der Waals surface area contributed by atoms with Gasteiger partial charge in [-0.15, -0.1) is 0 Å². The zero-order valence-electron chi connectivity index (χ0n) is 12.5. The second-order valence-electron chi connectivity index (χ2n) is 5.86. The first-order valence-corrected chi connectivity index (χ1v) is 7.08. The molecule has 0 saturated carbocycles. The Balaban J connectivity index is 2.31. The summed E-state index contributed by atoms with van der Waals surface area (Å²) in [7, 11) is 0. The molecule has 108 valence electrons. The lowest BCUT2D eigenvalue weighted by Gasteiger charge is -2.32. The average molecular weight is 273 g/mol. The minimum absolute atomic E-state index is 0.0637. The zero-order chi connectivity index (χ0) is 14.6. The van der Waals surface area contributed by atoms with Crippen molar-refractivity contribution >= 4 is 17.0 Å². The SMILES string of the molecule is CCCN(CC(C)(C)CN)c1ccc2nccnc2n1.